The zero-order chi connectivity index (χ0) is 15.9. The summed E-state index contributed by atoms with van der Waals surface area (Å²) in [6.45, 7) is 8.07. The third kappa shape index (κ3) is 4.95. The number of carbonyl (C=O) groups is 1. The van der Waals surface area contributed by atoms with Gasteiger partial charge in [0, 0.05) is 25.2 Å². The Kier molecular flexibility index (Phi) is 6.13. The number of allylic oxidation sites excluding steroid dienone is 1. The van der Waals surface area contributed by atoms with E-state index in [0.717, 1.165) is 26.1 Å². The number of likely N-dealkylation sites (tertiary alicyclic amines) is 1. The fourth-order valence-corrected chi connectivity index (χ4v) is 2.85. The molecule has 0 aliphatic carbocycles. The zero-order valence-electron chi connectivity index (χ0n) is 13.4. The number of amides is 1. The Labute approximate surface area is 132 Å². The SMILES string of the molecule is C/C=C(\C)CN1CCCC(CNC(=O)c2ccc(F)cc2)C1. The molecule has 1 heterocycles. The number of nitrogens with zero attached hydrogens (tertiary/aromatic N) is 1. The van der Waals surface area contributed by atoms with Crippen LogP contribution >= 0.6 is 0 Å². The van der Waals surface area contributed by atoms with Crippen LogP contribution in [0.3, 0.4) is 0 Å². The van der Waals surface area contributed by atoms with Crippen LogP contribution in [0.4, 0.5) is 4.39 Å². The molecule has 1 atom stereocenters. The number of nitrogens with one attached hydrogen (secondary N) is 1. The Balaban J connectivity index is 1.80. The molecule has 1 aromatic rings. The van der Waals surface area contributed by atoms with Crippen LogP contribution in [-0.2, 0) is 0 Å². The molecule has 0 radical (unpaired) electrons. The number of halogens is 1. The predicted octanol–water partition coefficient (Wildman–Crippen LogP) is 3.23. The summed E-state index contributed by atoms with van der Waals surface area (Å²) in [5.41, 5.74) is 1.90. The minimum atomic E-state index is -0.321. The minimum absolute atomic E-state index is 0.123. The molecule has 4 heteroatoms. The van der Waals surface area contributed by atoms with E-state index < -0.39 is 0 Å². The quantitative estimate of drug-likeness (QED) is 0.847. The summed E-state index contributed by atoms with van der Waals surface area (Å²) in [5.74, 6) is 0.0448. The standard InChI is InChI=1S/C18H25FN2O/c1-3-14(2)12-21-10-4-5-15(13-21)11-20-18(22)16-6-8-17(19)9-7-16/h3,6-9,15H,4-5,10-13H2,1-2H3,(H,20,22)/b14-3+. The van der Waals surface area contributed by atoms with Gasteiger partial charge in [-0.05, 0) is 63.4 Å². The van der Waals surface area contributed by atoms with Crippen molar-refractivity contribution in [1.29, 1.82) is 0 Å². The fourth-order valence-electron chi connectivity index (χ4n) is 2.85. The summed E-state index contributed by atoms with van der Waals surface area (Å²) in [4.78, 5) is 14.5. The van der Waals surface area contributed by atoms with Crippen LogP contribution in [0.5, 0.6) is 0 Å². The fraction of sp³-hybridized carbons (Fsp3) is 0.500. The third-order valence-electron chi connectivity index (χ3n) is 4.23. The Bertz CT molecular complexity index is 524. The van der Waals surface area contributed by atoms with Gasteiger partial charge in [0.2, 0.25) is 0 Å². The number of benzene rings is 1. The summed E-state index contributed by atoms with van der Waals surface area (Å²) < 4.78 is 12.9. The summed E-state index contributed by atoms with van der Waals surface area (Å²) in [6.07, 6.45) is 4.48. The minimum Gasteiger partial charge on any atom is -0.352 e. The molecule has 1 unspecified atom stereocenters. The van der Waals surface area contributed by atoms with Gasteiger partial charge >= 0.3 is 0 Å². The lowest BCUT2D eigenvalue weighted by Crippen LogP contribution is -2.41. The van der Waals surface area contributed by atoms with Gasteiger partial charge in [0.25, 0.3) is 5.91 Å². The van der Waals surface area contributed by atoms with E-state index >= 15 is 0 Å². The number of hydrogen-bond donors (Lipinski definition) is 1. The largest absolute Gasteiger partial charge is 0.352 e. The van der Waals surface area contributed by atoms with Gasteiger partial charge in [0.15, 0.2) is 0 Å². The summed E-state index contributed by atoms with van der Waals surface area (Å²) in [5, 5.41) is 2.97. The first-order valence-electron chi connectivity index (χ1n) is 7.96. The molecule has 1 aromatic carbocycles. The van der Waals surface area contributed by atoms with Crippen LogP contribution in [-0.4, -0.2) is 37.0 Å². The molecule has 1 saturated heterocycles. The van der Waals surface area contributed by atoms with Crippen molar-refractivity contribution in [3.63, 3.8) is 0 Å². The highest BCUT2D eigenvalue weighted by molar-refractivity contribution is 5.94. The highest BCUT2D eigenvalue weighted by Crippen LogP contribution is 2.17. The van der Waals surface area contributed by atoms with Gasteiger partial charge in [-0.15, -0.1) is 0 Å². The summed E-state index contributed by atoms with van der Waals surface area (Å²) in [7, 11) is 0. The van der Waals surface area contributed by atoms with Gasteiger partial charge in [0.05, 0.1) is 0 Å². The lowest BCUT2D eigenvalue weighted by molar-refractivity contribution is 0.0934. The van der Waals surface area contributed by atoms with E-state index in [9.17, 15) is 9.18 Å². The second kappa shape index (κ2) is 8.08. The maximum Gasteiger partial charge on any atom is 0.251 e. The van der Waals surface area contributed by atoms with Crippen LogP contribution in [0.1, 0.15) is 37.0 Å². The monoisotopic (exact) mass is 304 g/mol. The van der Waals surface area contributed by atoms with Gasteiger partial charge in [-0.2, -0.15) is 0 Å². The Morgan fingerprint density at radius 3 is 2.82 bits per heavy atom. The van der Waals surface area contributed by atoms with Crippen LogP contribution in [0, 0.1) is 11.7 Å². The number of hydrogen-bond acceptors (Lipinski definition) is 2. The molecule has 3 nitrogen and oxygen atoms in total. The van der Waals surface area contributed by atoms with E-state index in [1.807, 2.05) is 0 Å². The Morgan fingerprint density at radius 1 is 1.41 bits per heavy atom. The van der Waals surface area contributed by atoms with Crippen molar-refractivity contribution < 1.29 is 9.18 Å². The van der Waals surface area contributed by atoms with Crippen LogP contribution in [0.2, 0.25) is 0 Å². The van der Waals surface area contributed by atoms with E-state index in [1.165, 1.54) is 36.3 Å². The molecule has 0 spiro atoms. The van der Waals surface area contributed by atoms with Crippen LogP contribution in [0.15, 0.2) is 35.9 Å². The van der Waals surface area contributed by atoms with E-state index in [-0.39, 0.29) is 11.7 Å². The van der Waals surface area contributed by atoms with Crippen molar-refractivity contribution in [2.75, 3.05) is 26.2 Å². The summed E-state index contributed by atoms with van der Waals surface area (Å²) in [6, 6.07) is 5.68. The third-order valence-corrected chi connectivity index (χ3v) is 4.23. The highest BCUT2D eigenvalue weighted by atomic mass is 19.1. The molecular formula is C18H25FN2O. The van der Waals surface area contributed by atoms with Gasteiger partial charge in [-0.3, -0.25) is 9.69 Å². The lowest BCUT2D eigenvalue weighted by Gasteiger charge is -2.33. The molecule has 120 valence electrons. The average molecular weight is 304 g/mol. The molecule has 1 fully saturated rings. The van der Waals surface area contributed by atoms with Crippen molar-refractivity contribution >= 4 is 5.91 Å². The predicted molar refractivity (Wildman–Crippen MR) is 87.3 cm³/mol. The number of rotatable bonds is 5. The van der Waals surface area contributed by atoms with Crippen LogP contribution < -0.4 is 5.32 Å². The maximum absolute atomic E-state index is 12.9. The van der Waals surface area contributed by atoms with Gasteiger partial charge in [-0.1, -0.05) is 11.6 Å². The van der Waals surface area contributed by atoms with Gasteiger partial charge < -0.3 is 5.32 Å². The molecular weight excluding hydrogens is 279 g/mol. The van der Waals surface area contributed by atoms with Crippen LogP contribution in [0.25, 0.3) is 0 Å². The van der Waals surface area contributed by atoms with Gasteiger partial charge in [0.1, 0.15) is 5.82 Å². The first kappa shape index (κ1) is 16.7. The van der Waals surface area contributed by atoms with E-state index in [2.05, 4.69) is 30.1 Å². The van der Waals surface area contributed by atoms with Crippen molar-refractivity contribution in [3.05, 3.63) is 47.3 Å². The second-order valence-electron chi connectivity index (χ2n) is 6.10. The Morgan fingerprint density at radius 2 is 2.14 bits per heavy atom. The van der Waals surface area contributed by atoms with E-state index in [1.54, 1.807) is 0 Å². The first-order chi connectivity index (χ1) is 10.6. The van der Waals surface area contributed by atoms with Crippen molar-refractivity contribution in [2.45, 2.75) is 26.7 Å². The molecule has 0 bridgehead atoms. The molecule has 1 amide bonds. The highest BCUT2D eigenvalue weighted by Gasteiger charge is 2.20. The molecule has 0 saturated carbocycles. The Hall–Kier alpha value is -1.68. The molecule has 1 N–H and O–H groups in total. The zero-order valence-corrected chi connectivity index (χ0v) is 13.4. The topological polar surface area (TPSA) is 32.3 Å². The second-order valence-corrected chi connectivity index (χ2v) is 6.10. The van der Waals surface area contributed by atoms with Crippen molar-refractivity contribution in [2.24, 2.45) is 5.92 Å². The lowest BCUT2D eigenvalue weighted by atomic mass is 9.97. The number of piperidine rings is 1. The summed E-state index contributed by atoms with van der Waals surface area (Å²) >= 11 is 0. The molecule has 1 aliphatic heterocycles. The van der Waals surface area contributed by atoms with Gasteiger partial charge in [-0.25, -0.2) is 4.39 Å². The molecule has 22 heavy (non-hydrogen) atoms. The van der Waals surface area contributed by atoms with E-state index in [0.29, 0.717) is 18.0 Å². The van der Waals surface area contributed by atoms with Crippen molar-refractivity contribution in [1.82, 2.24) is 10.2 Å². The molecule has 1 aliphatic rings. The van der Waals surface area contributed by atoms with E-state index in [4.69, 9.17) is 0 Å². The molecule has 2 rings (SSSR count). The van der Waals surface area contributed by atoms with Crippen molar-refractivity contribution in [3.8, 4) is 0 Å². The first-order valence-corrected chi connectivity index (χ1v) is 7.96. The maximum atomic E-state index is 12.9. The normalized spacial score (nSPS) is 20.0. The molecule has 0 aromatic heterocycles. The number of carbonyl (C=O) groups excluding carboxylic acids is 1. The smallest absolute Gasteiger partial charge is 0.251 e. The average Bonchev–Trinajstić information content (AvgIpc) is 2.53.